The van der Waals surface area contributed by atoms with E-state index in [1.807, 2.05) is 18.2 Å². The number of hydrogen-bond acceptors (Lipinski definition) is 3. The van der Waals surface area contributed by atoms with Crippen molar-refractivity contribution in [2.45, 2.75) is 6.42 Å². The van der Waals surface area contributed by atoms with Gasteiger partial charge in [-0.3, -0.25) is 4.79 Å². The average Bonchev–Trinajstić information content (AvgIpc) is 2.56. The summed E-state index contributed by atoms with van der Waals surface area (Å²) in [7, 11) is 0. The Labute approximate surface area is 101 Å². The van der Waals surface area contributed by atoms with Crippen LogP contribution in [0.4, 0.5) is 0 Å². The number of carboxylic acids is 1. The third-order valence-corrected chi connectivity index (χ3v) is 3.11. The van der Waals surface area contributed by atoms with E-state index < -0.39 is 5.97 Å². The normalized spacial score (nSPS) is 11.3. The molecule has 82 valence electrons. The third kappa shape index (κ3) is 2.59. The summed E-state index contributed by atoms with van der Waals surface area (Å²) in [6, 6.07) is 5.70. The Hall–Kier alpha value is -1.39. The van der Waals surface area contributed by atoms with Crippen molar-refractivity contribution in [1.29, 1.82) is 0 Å². The van der Waals surface area contributed by atoms with Crippen LogP contribution in [0.1, 0.15) is 12.0 Å². The number of benzene rings is 1. The highest BCUT2D eigenvalue weighted by Crippen LogP contribution is 2.26. The van der Waals surface area contributed by atoms with Crippen molar-refractivity contribution in [3.05, 3.63) is 34.3 Å². The first kappa shape index (κ1) is 11.1. The number of hydrogen-bond donors (Lipinski definition) is 1. The van der Waals surface area contributed by atoms with Crippen LogP contribution >= 0.6 is 22.9 Å². The van der Waals surface area contributed by atoms with Crippen LogP contribution in [-0.4, -0.2) is 16.1 Å². The van der Waals surface area contributed by atoms with E-state index in [0.29, 0.717) is 4.47 Å². The topological polar surface area (TPSA) is 50.2 Å². The van der Waals surface area contributed by atoms with E-state index >= 15 is 0 Å². The number of aromatic nitrogens is 1. The highest BCUT2D eigenvalue weighted by molar-refractivity contribution is 7.22. The van der Waals surface area contributed by atoms with E-state index in [1.54, 1.807) is 12.2 Å². The zero-order valence-corrected chi connectivity index (χ0v) is 9.76. The van der Waals surface area contributed by atoms with Gasteiger partial charge in [0.1, 0.15) is 0 Å². The molecule has 0 amide bonds. The minimum atomic E-state index is -0.835. The average molecular weight is 254 g/mol. The van der Waals surface area contributed by atoms with Gasteiger partial charge in [0, 0.05) is 0 Å². The summed E-state index contributed by atoms with van der Waals surface area (Å²) >= 11 is 7.20. The Morgan fingerprint density at radius 2 is 2.38 bits per heavy atom. The molecule has 0 spiro atoms. The monoisotopic (exact) mass is 253 g/mol. The zero-order valence-electron chi connectivity index (χ0n) is 8.18. The van der Waals surface area contributed by atoms with Gasteiger partial charge < -0.3 is 5.11 Å². The van der Waals surface area contributed by atoms with E-state index in [0.717, 1.165) is 15.8 Å². The number of aliphatic carboxylic acids is 1. The van der Waals surface area contributed by atoms with Crippen molar-refractivity contribution in [1.82, 2.24) is 4.98 Å². The van der Waals surface area contributed by atoms with E-state index in [2.05, 4.69) is 4.98 Å². The quantitative estimate of drug-likeness (QED) is 0.912. The molecule has 2 aromatic rings. The summed E-state index contributed by atoms with van der Waals surface area (Å²) in [5.41, 5.74) is 1.82. The molecule has 1 aromatic carbocycles. The molecule has 0 aliphatic rings. The van der Waals surface area contributed by atoms with Crippen molar-refractivity contribution in [3.63, 3.8) is 0 Å². The maximum Gasteiger partial charge on any atom is 0.307 e. The minimum Gasteiger partial charge on any atom is -0.481 e. The fourth-order valence-corrected chi connectivity index (χ4v) is 2.39. The predicted octanol–water partition coefficient (Wildman–Crippen LogP) is 3.44. The first-order valence-corrected chi connectivity index (χ1v) is 5.79. The lowest BCUT2D eigenvalue weighted by atomic mass is 10.2. The molecule has 1 aromatic heterocycles. The van der Waals surface area contributed by atoms with Crippen LogP contribution in [0.2, 0.25) is 4.47 Å². The molecule has 16 heavy (non-hydrogen) atoms. The number of carbonyl (C=O) groups is 1. The summed E-state index contributed by atoms with van der Waals surface area (Å²) in [6.07, 6.45) is 3.43. The molecule has 2 rings (SSSR count). The number of thiazole rings is 1. The van der Waals surface area contributed by atoms with Crippen molar-refractivity contribution < 1.29 is 9.90 Å². The lowest BCUT2D eigenvalue weighted by Crippen LogP contribution is -1.89. The van der Waals surface area contributed by atoms with Crippen LogP contribution in [0.3, 0.4) is 0 Å². The molecule has 0 radical (unpaired) electrons. The fourth-order valence-electron chi connectivity index (χ4n) is 1.31. The Morgan fingerprint density at radius 3 is 3.12 bits per heavy atom. The first-order valence-electron chi connectivity index (χ1n) is 4.59. The highest BCUT2D eigenvalue weighted by atomic mass is 35.5. The predicted molar refractivity (Wildman–Crippen MR) is 65.9 cm³/mol. The van der Waals surface area contributed by atoms with Crippen LogP contribution < -0.4 is 0 Å². The van der Waals surface area contributed by atoms with Gasteiger partial charge in [0.15, 0.2) is 4.47 Å². The molecule has 0 aliphatic heterocycles. The Balaban J connectivity index is 2.25. The van der Waals surface area contributed by atoms with E-state index in [1.165, 1.54) is 11.3 Å². The van der Waals surface area contributed by atoms with Gasteiger partial charge in [0.2, 0.25) is 0 Å². The second-order valence-corrected chi connectivity index (χ2v) is 4.81. The second-order valence-electron chi connectivity index (χ2n) is 3.19. The van der Waals surface area contributed by atoms with Crippen molar-refractivity contribution >= 4 is 45.2 Å². The molecule has 0 unspecified atom stereocenters. The number of rotatable bonds is 3. The Bertz CT molecular complexity index is 562. The number of carboxylic acid groups (broad SMARTS) is 1. The van der Waals surface area contributed by atoms with Crippen LogP contribution in [0.15, 0.2) is 24.3 Å². The van der Waals surface area contributed by atoms with Crippen LogP contribution in [0.25, 0.3) is 16.3 Å². The van der Waals surface area contributed by atoms with Gasteiger partial charge in [0.05, 0.1) is 16.6 Å². The van der Waals surface area contributed by atoms with E-state index in [4.69, 9.17) is 16.7 Å². The van der Waals surface area contributed by atoms with E-state index in [-0.39, 0.29) is 6.42 Å². The van der Waals surface area contributed by atoms with Crippen molar-refractivity contribution in [2.24, 2.45) is 0 Å². The summed E-state index contributed by atoms with van der Waals surface area (Å²) in [5, 5.41) is 8.49. The molecule has 0 atom stereocenters. The fraction of sp³-hybridized carbons (Fsp3) is 0.0909. The van der Waals surface area contributed by atoms with Crippen molar-refractivity contribution in [2.75, 3.05) is 0 Å². The summed E-state index contributed by atoms with van der Waals surface area (Å²) in [6.45, 7) is 0. The largest absolute Gasteiger partial charge is 0.481 e. The Morgan fingerprint density at radius 1 is 1.56 bits per heavy atom. The number of nitrogens with zero attached hydrogens (tertiary/aromatic N) is 1. The molecule has 3 nitrogen and oxygen atoms in total. The molecule has 5 heteroatoms. The number of fused-ring (bicyclic) bond motifs is 1. The summed E-state index contributed by atoms with van der Waals surface area (Å²) in [4.78, 5) is 14.5. The van der Waals surface area contributed by atoms with Crippen LogP contribution in [0, 0.1) is 0 Å². The maximum atomic E-state index is 10.3. The molecule has 0 aliphatic carbocycles. The lowest BCUT2D eigenvalue weighted by molar-refractivity contribution is -0.135. The summed E-state index contributed by atoms with van der Waals surface area (Å²) < 4.78 is 1.52. The van der Waals surface area contributed by atoms with Gasteiger partial charge in [0.25, 0.3) is 0 Å². The second kappa shape index (κ2) is 4.63. The highest BCUT2D eigenvalue weighted by Gasteiger charge is 2.01. The molecular formula is C11H8ClNO2S. The Kier molecular flexibility index (Phi) is 3.22. The van der Waals surface area contributed by atoms with Gasteiger partial charge in [-0.15, -0.1) is 11.3 Å². The lowest BCUT2D eigenvalue weighted by Gasteiger charge is -1.92. The third-order valence-electron chi connectivity index (χ3n) is 1.99. The van der Waals surface area contributed by atoms with Gasteiger partial charge >= 0.3 is 5.97 Å². The van der Waals surface area contributed by atoms with Gasteiger partial charge in [-0.25, -0.2) is 4.98 Å². The van der Waals surface area contributed by atoms with Crippen molar-refractivity contribution in [3.8, 4) is 0 Å². The van der Waals surface area contributed by atoms with Gasteiger partial charge in [-0.2, -0.15) is 0 Å². The number of halogens is 1. The first-order chi connectivity index (χ1) is 7.65. The SMILES string of the molecule is O=C(O)CC=Cc1ccc2nc(Cl)sc2c1. The maximum absolute atomic E-state index is 10.3. The van der Waals surface area contributed by atoms with Crippen LogP contribution in [-0.2, 0) is 4.79 Å². The molecule has 1 N–H and O–H groups in total. The molecule has 0 saturated heterocycles. The molecule has 0 fully saturated rings. The minimum absolute atomic E-state index is 0.0292. The van der Waals surface area contributed by atoms with Gasteiger partial charge in [-0.1, -0.05) is 29.8 Å². The smallest absolute Gasteiger partial charge is 0.307 e. The molecule has 0 saturated carbocycles. The molecular weight excluding hydrogens is 246 g/mol. The van der Waals surface area contributed by atoms with Gasteiger partial charge in [-0.05, 0) is 17.7 Å². The standard InChI is InChI=1S/C11H8ClNO2S/c12-11-13-8-5-4-7(6-9(8)16-11)2-1-3-10(14)15/h1-2,4-6H,3H2,(H,14,15). The molecule has 0 bridgehead atoms. The summed E-state index contributed by atoms with van der Waals surface area (Å²) in [5.74, 6) is -0.835. The van der Waals surface area contributed by atoms with Crippen LogP contribution in [0.5, 0.6) is 0 Å². The zero-order chi connectivity index (χ0) is 11.5. The molecule has 1 heterocycles. The van der Waals surface area contributed by atoms with E-state index in [9.17, 15) is 4.79 Å².